The Balaban J connectivity index is 1.52. The second-order valence-corrected chi connectivity index (χ2v) is 8.06. The molecule has 4 aromatic rings. The first-order valence-electron chi connectivity index (χ1n) is 10.8. The Labute approximate surface area is 190 Å². The second kappa shape index (κ2) is 8.82. The Kier molecular flexibility index (Phi) is 5.56. The summed E-state index contributed by atoms with van der Waals surface area (Å²) in [5, 5.41) is 14.7. The number of halogens is 1. The van der Waals surface area contributed by atoms with Gasteiger partial charge in [-0.2, -0.15) is 5.10 Å². The van der Waals surface area contributed by atoms with E-state index in [0.717, 1.165) is 23.2 Å². The summed E-state index contributed by atoms with van der Waals surface area (Å²) >= 11 is 0. The van der Waals surface area contributed by atoms with Crippen LogP contribution in [-0.2, 0) is 0 Å². The minimum Gasteiger partial charge on any atom is -0.465 e. The van der Waals surface area contributed by atoms with Gasteiger partial charge in [-0.05, 0) is 54.8 Å². The number of likely N-dealkylation sites (tertiary alicyclic amines) is 1. The molecule has 0 unspecified atom stereocenters. The number of aromatic nitrogens is 4. The lowest BCUT2D eigenvalue weighted by Gasteiger charge is -2.38. The molecule has 0 saturated carbocycles. The molecule has 1 N–H and O–H groups in total. The van der Waals surface area contributed by atoms with Gasteiger partial charge in [-0.3, -0.25) is 0 Å². The van der Waals surface area contributed by atoms with Crippen LogP contribution in [0.1, 0.15) is 36.1 Å². The monoisotopic (exact) mass is 443 g/mol. The highest BCUT2D eigenvalue weighted by Gasteiger charge is 2.35. The molecule has 1 aliphatic heterocycles. The van der Waals surface area contributed by atoms with Gasteiger partial charge < -0.3 is 10.0 Å². The van der Waals surface area contributed by atoms with Crippen molar-refractivity contribution in [1.29, 1.82) is 0 Å². The van der Waals surface area contributed by atoms with E-state index < -0.39 is 6.09 Å². The van der Waals surface area contributed by atoms with E-state index in [-0.39, 0.29) is 17.8 Å². The van der Waals surface area contributed by atoms with E-state index in [1.807, 2.05) is 36.4 Å². The van der Waals surface area contributed by atoms with Gasteiger partial charge in [0.15, 0.2) is 0 Å². The van der Waals surface area contributed by atoms with Gasteiger partial charge in [-0.25, -0.2) is 23.8 Å². The van der Waals surface area contributed by atoms with Gasteiger partial charge in [-0.1, -0.05) is 30.3 Å². The van der Waals surface area contributed by atoms with Crippen LogP contribution in [-0.4, -0.2) is 42.4 Å². The number of rotatable bonds is 4. The zero-order valence-electron chi connectivity index (χ0n) is 17.8. The van der Waals surface area contributed by atoms with E-state index in [1.54, 1.807) is 35.3 Å². The van der Waals surface area contributed by atoms with Gasteiger partial charge in [0.2, 0.25) is 0 Å². The molecule has 3 heterocycles. The van der Waals surface area contributed by atoms with Crippen molar-refractivity contribution < 1.29 is 14.3 Å². The van der Waals surface area contributed by atoms with Gasteiger partial charge in [0.1, 0.15) is 5.82 Å². The van der Waals surface area contributed by atoms with E-state index in [2.05, 4.69) is 9.97 Å². The number of hydrogen-bond acceptors (Lipinski definition) is 4. The lowest BCUT2D eigenvalue weighted by atomic mass is 9.87. The minimum absolute atomic E-state index is 0.0911. The largest absolute Gasteiger partial charge is 0.465 e. The average Bonchev–Trinajstić information content (AvgIpc) is 3.31. The Morgan fingerprint density at radius 3 is 2.39 bits per heavy atom. The lowest BCUT2D eigenvalue weighted by molar-refractivity contribution is 0.0985. The predicted molar refractivity (Wildman–Crippen MR) is 120 cm³/mol. The summed E-state index contributed by atoms with van der Waals surface area (Å²) in [4.78, 5) is 22.4. The van der Waals surface area contributed by atoms with Crippen molar-refractivity contribution in [1.82, 2.24) is 24.6 Å². The zero-order valence-corrected chi connectivity index (χ0v) is 17.8. The summed E-state index contributed by atoms with van der Waals surface area (Å²) in [6.45, 7) is 0.330. The number of amides is 1. The molecule has 0 radical (unpaired) electrons. The molecule has 0 bridgehead atoms. The van der Waals surface area contributed by atoms with Crippen molar-refractivity contribution in [3.63, 3.8) is 0 Å². The molecule has 0 aliphatic carbocycles. The van der Waals surface area contributed by atoms with E-state index in [0.29, 0.717) is 24.6 Å². The molecule has 1 saturated heterocycles. The average molecular weight is 443 g/mol. The van der Waals surface area contributed by atoms with Gasteiger partial charge in [0.05, 0.1) is 17.4 Å². The molecule has 7 nitrogen and oxygen atoms in total. The maximum Gasteiger partial charge on any atom is 0.407 e. The molecule has 166 valence electrons. The molecule has 0 spiro atoms. The summed E-state index contributed by atoms with van der Waals surface area (Å²) in [7, 11) is 0. The molecule has 1 fully saturated rings. The molecule has 8 heteroatoms. The first-order valence-corrected chi connectivity index (χ1v) is 10.8. The van der Waals surface area contributed by atoms with Crippen LogP contribution in [0.2, 0.25) is 0 Å². The van der Waals surface area contributed by atoms with Gasteiger partial charge >= 0.3 is 6.09 Å². The maximum atomic E-state index is 13.4. The molecule has 1 aliphatic rings. The van der Waals surface area contributed by atoms with Crippen LogP contribution in [0.3, 0.4) is 0 Å². The first kappa shape index (κ1) is 20.8. The van der Waals surface area contributed by atoms with E-state index in [9.17, 15) is 14.3 Å². The Hall–Kier alpha value is -4.07. The highest BCUT2D eigenvalue weighted by molar-refractivity contribution is 5.66. The van der Waals surface area contributed by atoms with Crippen LogP contribution in [0.4, 0.5) is 9.18 Å². The highest BCUT2D eigenvalue weighted by Crippen LogP contribution is 2.39. The Bertz CT molecular complexity index is 1250. The Morgan fingerprint density at radius 2 is 1.70 bits per heavy atom. The van der Waals surface area contributed by atoms with Crippen molar-refractivity contribution in [3.05, 3.63) is 96.2 Å². The molecule has 2 atom stereocenters. The number of nitrogens with zero attached hydrogens (tertiary/aromatic N) is 5. The number of benzene rings is 2. The third-order valence-electron chi connectivity index (χ3n) is 6.05. The van der Waals surface area contributed by atoms with Crippen LogP contribution >= 0.6 is 0 Å². The number of hydrogen-bond donors (Lipinski definition) is 1. The van der Waals surface area contributed by atoms with Crippen LogP contribution in [0, 0.1) is 5.82 Å². The smallest absolute Gasteiger partial charge is 0.407 e. The topological polar surface area (TPSA) is 84.1 Å². The summed E-state index contributed by atoms with van der Waals surface area (Å²) in [6, 6.07) is 19.3. The van der Waals surface area contributed by atoms with Gasteiger partial charge in [-0.15, -0.1) is 0 Å². The van der Waals surface area contributed by atoms with Crippen molar-refractivity contribution in [2.75, 3.05) is 6.54 Å². The third kappa shape index (κ3) is 4.19. The van der Waals surface area contributed by atoms with Crippen molar-refractivity contribution in [2.24, 2.45) is 0 Å². The maximum absolute atomic E-state index is 13.4. The van der Waals surface area contributed by atoms with Crippen LogP contribution < -0.4 is 0 Å². The normalized spacial score (nSPS) is 18.3. The highest BCUT2D eigenvalue weighted by atomic mass is 19.1. The first-order chi connectivity index (χ1) is 16.1. The summed E-state index contributed by atoms with van der Waals surface area (Å²) in [5.74, 6) is 0.000573. The molecular weight excluding hydrogens is 421 g/mol. The standard InChI is InChI=1S/C25H22FN5O2/c26-20-10-7-17(8-11-20)21-15-23(31(29-21)24-27-13-4-14-28-24)19-9-12-22(30(16-19)25(32)33)18-5-2-1-3-6-18/h1-8,10-11,13-15,19,22H,9,12,16H2,(H,32,33)/t19-,22+/m0/s1. The second-order valence-electron chi connectivity index (χ2n) is 8.06. The van der Waals surface area contributed by atoms with Gasteiger partial charge in [0, 0.05) is 30.4 Å². The summed E-state index contributed by atoms with van der Waals surface area (Å²) in [5.41, 5.74) is 3.24. The zero-order chi connectivity index (χ0) is 22.8. The predicted octanol–water partition coefficient (Wildman–Crippen LogP) is 5.07. The molecule has 1 amide bonds. The van der Waals surface area contributed by atoms with Crippen LogP contribution in [0.25, 0.3) is 17.2 Å². The quantitative estimate of drug-likeness (QED) is 0.476. The van der Waals surface area contributed by atoms with Crippen molar-refractivity contribution >= 4 is 6.09 Å². The molecule has 2 aromatic heterocycles. The molecule has 5 rings (SSSR count). The van der Waals surface area contributed by atoms with Crippen LogP contribution in [0.15, 0.2) is 79.1 Å². The minimum atomic E-state index is -0.950. The fourth-order valence-corrected chi connectivity index (χ4v) is 4.45. The fourth-order valence-electron chi connectivity index (χ4n) is 4.45. The lowest BCUT2D eigenvalue weighted by Crippen LogP contribution is -2.41. The molecule has 33 heavy (non-hydrogen) atoms. The SMILES string of the molecule is O=C(O)N1C[C@@H](c2cc(-c3ccc(F)cc3)nn2-c2ncccn2)CC[C@@H]1c1ccccc1. The van der Waals surface area contributed by atoms with Crippen LogP contribution in [0.5, 0.6) is 0 Å². The number of piperidine rings is 1. The number of carbonyl (C=O) groups is 1. The summed E-state index contributed by atoms with van der Waals surface area (Å²) < 4.78 is 15.1. The van der Waals surface area contributed by atoms with E-state index in [4.69, 9.17) is 5.10 Å². The number of carboxylic acid groups (broad SMARTS) is 1. The van der Waals surface area contributed by atoms with Crippen molar-refractivity contribution in [3.8, 4) is 17.2 Å². The van der Waals surface area contributed by atoms with E-state index in [1.165, 1.54) is 17.0 Å². The van der Waals surface area contributed by atoms with Gasteiger partial charge in [0.25, 0.3) is 5.95 Å². The molecule has 2 aromatic carbocycles. The third-order valence-corrected chi connectivity index (χ3v) is 6.05. The molecular formula is C25H22FN5O2. The summed E-state index contributed by atoms with van der Waals surface area (Å²) in [6.07, 6.45) is 3.80. The van der Waals surface area contributed by atoms with E-state index >= 15 is 0 Å². The van der Waals surface area contributed by atoms with Crippen molar-refractivity contribution in [2.45, 2.75) is 24.8 Å². The Morgan fingerprint density at radius 1 is 0.970 bits per heavy atom. The fraction of sp³-hybridized carbons (Fsp3) is 0.200.